The van der Waals surface area contributed by atoms with E-state index in [-0.39, 0.29) is 6.54 Å². The zero-order valence-corrected chi connectivity index (χ0v) is 6.67. The molecular formula is C6H10N4O2. The van der Waals surface area contributed by atoms with Crippen molar-refractivity contribution in [2.24, 2.45) is 5.73 Å². The second-order valence-corrected chi connectivity index (χ2v) is 2.21. The first-order valence-electron chi connectivity index (χ1n) is 3.41. The van der Waals surface area contributed by atoms with Crippen LogP contribution in [0.3, 0.4) is 0 Å². The van der Waals surface area contributed by atoms with Gasteiger partial charge >= 0.3 is 5.97 Å². The van der Waals surface area contributed by atoms with Crippen LogP contribution in [0.4, 0.5) is 0 Å². The Balaban J connectivity index is 2.47. The maximum absolute atomic E-state index is 10.8. The highest BCUT2D eigenvalue weighted by Crippen LogP contribution is 1.87. The van der Waals surface area contributed by atoms with E-state index in [4.69, 9.17) is 5.73 Å². The van der Waals surface area contributed by atoms with Gasteiger partial charge in [-0.05, 0) is 0 Å². The van der Waals surface area contributed by atoms with Crippen LogP contribution in [0.1, 0.15) is 0 Å². The lowest BCUT2D eigenvalue weighted by molar-refractivity contribution is -0.142. The summed E-state index contributed by atoms with van der Waals surface area (Å²) in [7, 11) is 1.29. The van der Waals surface area contributed by atoms with Crippen molar-refractivity contribution < 1.29 is 9.53 Å². The molecule has 0 saturated heterocycles. The van der Waals surface area contributed by atoms with Gasteiger partial charge in [-0.2, -0.15) is 15.0 Å². The molecule has 2 N–H and O–H groups in total. The molecule has 0 aliphatic carbocycles. The third-order valence-electron chi connectivity index (χ3n) is 1.33. The standard InChI is InChI=1S/C6H10N4O2/c1-12-6(11)5(7)4-10-8-2-3-9-10/h2-3,5H,4,7H2,1H3/t5-/m1/s1. The Kier molecular flexibility index (Phi) is 2.76. The van der Waals surface area contributed by atoms with Gasteiger partial charge < -0.3 is 10.5 Å². The minimum atomic E-state index is -0.706. The summed E-state index contributed by atoms with van der Waals surface area (Å²) < 4.78 is 4.43. The molecule has 0 aliphatic heterocycles. The summed E-state index contributed by atoms with van der Waals surface area (Å²) in [5.74, 6) is -0.465. The lowest BCUT2D eigenvalue weighted by atomic mass is 10.3. The molecule has 0 fully saturated rings. The number of methoxy groups -OCH3 is 1. The molecule has 0 aromatic carbocycles. The molecule has 0 saturated carbocycles. The molecule has 1 rings (SSSR count). The average Bonchev–Trinajstić information content (AvgIpc) is 2.55. The highest BCUT2D eigenvalue weighted by atomic mass is 16.5. The summed E-state index contributed by atoms with van der Waals surface area (Å²) in [4.78, 5) is 12.2. The van der Waals surface area contributed by atoms with Gasteiger partial charge in [0, 0.05) is 0 Å². The molecular weight excluding hydrogens is 160 g/mol. The maximum atomic E-state index is 10.8. The monoisotopic (exact) mass is 170 g/mol. The number of carbonyl (C=O) groups is 1. The fraction of sp³-hybridized carbons (Fsp3) is 0.500. The molecule has 1 heterocycles. The zero-order valence-electron chi connectivity index (χ0n) is 6.67. The molecule has 1 aromatic heterocycles. The van der Waals surface area contributed by atoms with Crippen molar-refractivity contribution in [2.75, 3.05) is 7.11 Å². The minimum Gasteiger partial charge on any atom is -0.468 e. The second-order valence-electron chi connectivity index (χ2n) is 2.21. The van der Waals surface area contributed by atoms with Crippen LogP contribution < -0.4 is 5.73 Å². The Bertz CT molecular complexity index is 246. The Morgan fingerprint density at radius 2 is 2.25 bits per heavy atom. The van der Waals surface area contributed by atoms with E-state index in [1.54, 1.807) is 0 Å². The first-order chi connectivity index (χ1) is 5.74. The predicted molar refractivity (Wildman–Crippen MR) is 40.0 cm³/mol. The SMILES string of the molecule is COC(=O)[C@H](N)Cn1nccn1. The Hall–Kier alpha value is -1.43. The first-order valence-corrected chi connectivity index (χ1v) is 3.41. The molecule has 1 aromatic rings. The minimum absolute atomic E-state index is 0.236. The van der Waals surface area contributed by atoms with E-state index < -0.39 is 12.0 Å². The summed E-state index contributed by atoms with van der Waals surface area (Å²) in [5.41, 5.74) is 5.44. The van der Waals surface area contributed by atoms with Gasteiger partial charge in [0.2, 0.25) is 0 Å². The molecule has 6 heteroatoms. The van der Waals surface area contributed by atoms with E-state index in [1.807, 2.05) is 0 Å². The van der Waals surface area contributed by atoms with E-state index in [0.717, 1.165) is 0 Å². The van der Waals surface area contributed by atoms with Crippen LogP contribution >= 0.6 is 0 Å². The smallest absolute Gasteiger partial charge is 0.324 e. The topological polar surface area (TPSA) is 83.0 Å². The number of nitrogens with two attached hydrogens (primary N) is 1. The number of hydrogen-bond acceptors (Lipinski definition) is 5. The molecule has 66 valence electrons. The van der Waals surface area contributed by atoms with Gasteiger partial charge in [-0.1, -0.05) is 0 Å². The van der Waals surface area contributed by atoms with E-state index in [1.165, 1.54) is 24.3 Å². The van der Waals surface area contributed by atoms with Gasteiger partial charge in [0.1, 0.15) is 6.04 Å². The quantitative estimate of drug-likeness (QED) is 0.575. The van der Waals surface area contributed by atoms with E-state index in [2.05, 4.69) is 14.9 Å². The Morgan fingerprint density at radius 1 is 1.67 bits per heavy atom. The van der Waals surface area contributed by atoms with Crippen LogP contribution in [0.2, 0.25) is 0 Å². The number of esters is 1. The van der Waals surface area contributed by atoms with E-state index in [9.17, 15) is 4.79 Å². The summed E-state index contributed by atoms with van der Waals surface area (Å²) in [5, 5.41) is 7.58. The highest BCUT2D eigenvalue weighted by molar-refractivity contribution is 5.75. The summed E-state index contributed by atoms with van der Waals surface area (Å²) >= 11 is 0. The normalized spacial score (nSPS) is 12.5. The van der Waals surface area contributed by atoms with Crippen LogP contribution in [0, 0.1) is 0 Å². The van der Waals surface area contributed by atoms with Crippen molar-refractivity contribution in [2.45, 2.75) is 12.6 Å². The maximum Gasteiger partial charge on any atom is 0.324 e. The van der Waals surface area contributed by atoms with Crippen LogP contribution in [0.25, 0.3) is 0 Å². The third-order valence-corrected chi connectivity index (χ3v) is 1.33. The number of ether oxygens (including phenoxy) is 1. The number of rotatable bonds is 3. The van der Waals surface area contributed by atoms with Gasteiger partial charge in [0.15, 0.2) is 0 Å². The summed E-state index contributed by atoms with van der Waals surface area (Å²) in [6.45, 7) is 0.236. The van der Waals surface area contributed by atoms with Crippen molar-refractivity contribution in [1.29, 1.82) is 0 Å². The number of carbonyl (C=O) groups excluding carboxylic acids is 1. The molecule has 0 unspecified atom stereocenters. The lowest BCUT2D eigenvalue weighted by Gasteiger charge is -2.07. The van der Waals surface area contributed by atoms with E-state index in [0.29, 0.717) is 0 Å². The van der Waals surface area contributed by atoms with Crippen molar-refractivity contribution >= 4 is 5.97 Å². The number of hydrogen-bond donors (Lipinski definition) is 1. The summed E-state index contributed by atoms with van der Waals surface area (Å²) in [6.07, 6.45) is 3.04. The molecule has 1 atom stereocenters. The first kappa shape index (κ1) is 8.66. The molecule has 12 heavy (non-hydrogen) atoms. The van der Waals surface area contributed by atoms with Gasteiger partial charge in [-0.15, -0.1) is 0 Å². The third kappa shape index (κ3) is 2.03. The van der Waals surface area contributed by atoms with Gasteiger partial charge in [-0.3, -0.25) is 4.79 Å². The van der Waals surface area contributed by atoms with Crippen LogP contribution in [-0.2, 0) is 16.1 Å². The molecule has 0 radical (unpaired) electrons. The van der Waals surface area contributed by atoms with Gasteiger partial charge in [0.05, 0.1) is 26.0 Å². The fourth-order valence-corrected chi connectivity index (χ4v) is 0.739. The van der Waals surface area contributed by atoms with Crippen LogP contribution in [0.15, 0.2) is 12.4 Å². The van der Waals surface area contributed by atoms with Crippen molar-refractivity contribution in [3.63, 3.8) is 0 Å². The Labute approximate surface area is 69.3 Å². The van der Waals surface area contributed by atoms with Gasteiger partial charge in [0.25, 0.3) is 0 Å². The van der Waals surface area contributed by atoms with Crippen LogP contribution in [0.5, 0.6) is 0 Å². The van der Waals surface area contributed by atoms with Gasteiger partial charge in [-0.25, -0.2) is 0 Å². The summed E-state index contributed by atoms with van der Waals surface area (Å²) in [6, 6.07) is -0.706. The largest absolute Gasteiger partial charge is 0.468 e. The molecule has 0 spiro atoms. The van der Waals surface area contributed by atoms with Crippen LogP contribution in [-0.4, -0.2) is 34.1 Å². The zero-order chi connectivity index (χ0) is 8.97. The predicted octanol–water partition coefficient (Wildman–Crippen LogP) is -1.22. The lowest BCUT2D eigenvalue weighted by Crippen LogP contribution is -2.36. The Morgan fingerprint density at radius 3 is 2.75 bits per heavy atom. The average molecular weight is 170 g/mol. The number of aromatic nitrogens is 3. The van der Waals surface area contributed by atoms with Crippen molar-refractivity contribution in [3.8, 4) is 0 Å². The number of nitrogens with zero attached hydrogens (tertiary/aromatic N) is 3. The molecule has 0 amide bonds. The van der Waals surface area contributed by atoms with Crippen molar-refractivity contribution in [1.82, 2.24) is 15.0 Å². The molecule has 0 aliphatic rings. The highest BCUT2D eigenvalue weighted by Gasteiger charge is 2.14. The molecule has 6 nitrogen and oxygen atoms in total. The molecule has 0 bridgehead atoms. The fourth-order valence-electron chi connectivity index (χ4n) is 0.739. The second kappa shape index (κ2) is 3.82. The van der Waals surface area contributed by atoms with Crippen molar-refractivity contribution in [3.05, 3.63) is 12.4 Å². The van der Waals surface area contributed by atoms with E-state index >= 15 is 0 Å².